The van der Waals surface area contributed by atoms with Gasteiger partial charge in [-0.05, 0) is 63.2 Å². The molecule has 2 N–H and O–H groups in total. The van der Waals surface area contributed by atoms with Gasteiger partial charge in [-0.25, -0.2) is 0 Å². The molecular formula is C14H20N2O2. The number of phenols is 1. The average Bonchev–Trinajstić information content (AvgIpc) is 2.38. The molecule has 2 rings (SSSR count). The zero-order valence-corrected chi connectivity index (χ0v) is 10.7. The van der Waals surface area contributed by atoms with Gasteiger partial charge in [0, 0.05) is 12.1 Å². The first-order valence-electron chi connectivity index (χ1n) is 6.41. The minimum Gasteiger partial charge on any atom is -0.508 e. The maximum absolute atomic E-state index is 11.9. The van der Waals surface area contributed by atoms with Gasteiger partial charge in [0.1, 0.15) is 5.75 Å². The zero-order valence-electron chi connectivity index (χ0n) is 10.7. The fourth-order valence-electron chi connectivity index (χ4n) is 2.22. The number of piperidine rings is 1. The van der Waals surface area contributed by atoms with Crippen LogP contribution in [0.4, 0.5) is 0 Å². The topological polar surface area (TPSA) is 52.6 Å². The summed E-state index contributed by atoms with van der Waals surface area (Å²) in [7, 11) is 2.13. The van der Waals surface area contributed by atoms with Gasteiger partial charge in [-0.2, -0.15) is 0 Å². The third kappa shape index (κ3) is 3.47. The normalized spacial score (nSPS) is 17.6. The molecular weight excluding hydrogens is 228 g/mol. The summed E-state index contributed by atoms with van der Waals surface area (Å²) in [6, 6.07) is 6.34. The van der Waals surface area contributed by atoms with Crippen molar-refractivity contribution in [3.8, 4) is 5.75 Å². The quantitative estimate of drug-likeness (QED) is 0.851. The summed E-state index contributed by atoms with van der Waals surface area (Å²) in [4.78, 5) is 14.2. The highest BCUT2D eigenvalue weighted by atomic mass is 16.3. The van der Waals surface area contributed by atoms with Gasteiger partial charge in [0.15, 0.2) is 0 Å². The monoisotopic (exact) mass is 248 g/mol. The molecule has 0 unspecified atom stereocenters. The van der Waals surface area contributed by atoms with Gasteiger partial charge in [0.25, 0.3) is 5.91 Å². The van der Waals surface area contributed by atoms with Crippen LogP contribution in [0.2, 0.25) is 0 Å². The molecule has 1 heterocycles. The molecule has 1 aliphatic heterocycles. The van der Waals surface area contributed by atoms with Crippen molar-refractivity contribution >= 4 is 5.91 Å². The number of amides is 1. The van der Waals surface area contributed by atoms with Crippen LogP contribution in [0.25, 0.3) is 0 Å². The standard InChI is InChI=1S/C14H20N2O2/c1-16-8-6-11(7-9-16)10-15-14(18)12-2-4-13(17)5-3-12/h2-5,11,17H,6-10H2,1H3,(H,15,18). The molecule has 0 aromatic heterocycles. The molecule has 0 saturated carbocycles. The maximum Gasteiger partial charge on any atom is 0.251 e. The Morgan fingerprint density at radius 3 is 2.56 bits per heavy atom. The number of rotatable bonds is 3. The number of hydrogen-bond donors (Lipinski definition) is 2. The number of benzene rings is 1. The zero-order chi connectivity index (χ0) is 13.0. The van der Waals surface area contributed by atoms with Crippen molar-refractivity contribution in [1.29, 1.82) is 0 Å². The molecule has 0 atom stereocenters. The lowest BCUT2D eigenvalue weighted by atomic mass is 9.97. The van der Waals surface area contributed by atoms with E-state index in [0.717, 1.165) is 32.5 Å². The molecule has 18 heavy (non-hydrogen) atoms. The van der Waals surface area contributed by atoms with Gasteiger partial charge < -0.3 is 15.3 Å². The molecule has 1 aromatic carbocycles. The molecule has 0 bridgehead atoms. The number of nitrogens with zero attached hydrogens (tertiary/aromatic N) is 1. The summed E-state index contributed by atoms with van der Waals surface area (Å²) >= 11 is 0. The Labute approximate surface area is 108 Å². The van der Waals surface area contributed by atoms with Crippen molar-refractivity contribution < 1.29 is 9.90 Å². The molecule has 0 spiro atoms. The van der Waals surface area contributed by atoms with Crippen LogP contribution in [-0.4, -0.2) is 42.6 Å². The van der Waals surface area contributed by atoms with Crippen LogP contribution >= 0.6 is 0 Å². The first-order valence-corrected chi connectivity index (χ1v) is 6.41. The molecule has 4 heteroatoms. The van der Waals surface area contributed by atoms with E-state index in [1.807, 2.05) is 0 Å². The van der Waals surface area contributed by atoms with Crippen molar-refractivity contribution in [2.24, 2.45) is 5.92 Å². The Bertz CT molecular complexity index is 395. The highest BCUT2D eigenvalue weighted by molar-refractivity contribution is 5.94. The van der Waals surface area contributed by atoms with Gasteiger partial charge in [-0.3, -0.25) is 4.79 Å². The summed E-state index contributed by atoms with van der Waals surface area (Å²) in [5.74, 6) is 0.707. The van der Waals surface area contributed by atoms with E-state index in [1.165, 1.54) is 12.1 Å². The van der Waals surface area contributed by atoms with Crippen LogP contribution < -0.4 is 5.32 Å². The molecule has 1 saturated heterocycles. The SMILES string of the molecule is CN1CCC(CNC(=O)c2ccc(O)cc2)CC1. The third-order valence-electron chi connectivity index (χ3n) is 3.52. The number of carbonyl (C=O) groups is 1. The minimum atomic E-state index is -0.0612. The average molecular weight is 248 g/mol. The van der Waals surface area contributed by atoms with Crippen LogP contribution in [0, 0.1) is 5.92 Å². The van der Waals surface area contributed by atoms with Crippen molar-refractivity contribution in [2.75, 3.05) is 26.7 Å². The summed E-state index contributed by atoms with van der Waals surface area (Å²) in [6.07, 6.45) is 2.29. The van der Waals surface area contributed by atoms with Crippen LogP contribution in [0.5, 0.6) is 5.75 Å². The minimum absolute atomic E-state index is 0.0612. The Morgan fingerprint density at radius 2 is 1.94 bits per heavy atom. The van der Waals surface area contributed by atoms with Gasteiger partial charge in [0.2, 0.25) is 0 Å². The Balaban J connectivity index is 1.79. The summed E-state index contributed by atoms with van der Waals surface area (Å²) in [5.41, 5.74) is 0.598. The molecule has 1 aromatic rings. The summed E-state index contributed by atoms with van der Waals surface area (Å²) < 4.78 is 0. The van der Waals surface area contributed by atoms with E-state index in [1.54, 1.807) is 12.1 Å². The molecule has 0 aliphatic carbocycles. The fourth-order valence-corrected chi connectivity index (χ4v) is 2.22. The van der Waals surface area contributed by atoms with Crippen molar-refractivity contribution in [3.05, 3.63) is 29.8 Å². The lowest BCUT2D eigenvalue weighted by molar-refractivity contribution is 0.0939. The smallest absolute Gasteiger partial charge is 0.251 e. The number of aromatic hydroxyl groups is 1. The van der Waals surface area contributed by atoms with Crippen LogP contribution in [-0.2, 0) is 0 Å². The van der Waals surface area contributed by atoms with Gasteiger partial charge in [-0.15, -0.1) is 0 Å². The second kappa shape index (κ2) is 5.87. The Kier molecular flexibility index (Phi) is 4.20. The van der Waals surface area contributed by atoms with Crippen LogP contribution in [0.1, 0.15) is 23.2 Å². The maximum atomic E-state index is 11.9. The predicted molar refractivity (Wildman–Crippen MR) is 70.7 cm³/mol. The van der Waals surface area contributed by atoms with E-state index in [4.69, 9.17) is 5.11 Å². The molecule has 4 nitrogen and oxygen atoms in total. The van der Waals surface area contributed by atoms with Gasteiger partial charge >= 0.3 is 0 Å². The summed E-state index contributed by atoms with van der Waals surface area (Å²) in [5, 5.41) is 12.1. The largest absolute Gasteiger partial charge is 0.508 e. The number of phenolic OH excluding ortho intramolecular Hbond substituents is 1. The first kappa shape index (κ1) is 12.9. The highest BCUT2D eigenvalue weighted by Crippen LogP contribution is 2.15. The Hall–Kier alpha value is -1.55. The molecule has 0 radical (unpaired) electrons. The molecule has 98 valence electrons. The number of likely N-dealkylation sites (tertiary alicyclic amines) is 1. The highest BCUT2D eigenvalue weighted by Gasteiger charge is 2.17. The fraction of sp³-hybridized carbons (Fsp3) is 0.500. The van der Waals surface area contributed by atoms with Crippen molar-refractivity contribution in [1.82, 2.24) is 10.2 Å². The van der Waals surface area contributed by atoms with E-state index in [9.17, 15) is 4.79 Å². The predicted octanol–water partition coefficient (Wildman–Crippen LogP) is 1.46. The van der Waals surface area contributed by atoms with E-state index in [0.29, 0.717) is 11.5 Å². The van der Waals surface area contributed by atoms with E-state index in [-0.39, 0.29) is 11.7 Å². The van der Waals surface area contributed by atoms with Crippen molar-refractivity contribution in [2.45, 2.75) is 12.8 Å². The number of carbonyl (C=O) groups excluding carboxylic acids is 1. The molecule has 1 amide bonds. The summed E-state index contributed by atoms with van der Waals surface area (Å²) in [6.45, 7) is 2.97. The van der Waals surface area contributed by atoms with E-state index in [2.05, 4.69) is 17.3 Å². The lowest BCUT2D eigenvalue weighted by Gasteiger charge is -2.28. The molecule has 1 aliphatic rings. The Morgan fingerprint density at radius 1 is 1.33 bits per heavy atom. The number of nitrogens with one attached hydrogen (secondary N) is 1. The second-order valence-electron chi connectivity index (χ2n) is 5.00. The van der Waals surface area contributed by atoms with Gasteiger partial charge in [-0.1, -0.05) is 0 Å². The van der Waals surface area contributed by atoms with E-state index < -0.39 is 0 Å². The van der Waals surface area contributed by atoms with Gasteiger partial charge in [0.05, 0.1) is 0 Å². The third-order valence-corrected chi connectivity index (χ3v) is 3.52. The first-order chi connectivity index (χ1) is 8.65. The molecule has 1 fully saturated rings. The van der Waals surface area contributed by atoms with Crippen LogP contribution in [0.15, 0.2) is 24.3 Å². The van der Waals surface area contributed by atoms with Crippen molar-refractivity contribution in [3.63, 3.8) is 0 Å². The second-order valence-corrected chi connectivity index (χ2v) is 5.00. The van der Waals surface area contributed by atoms with E-state index >= 15 is 0 Å². The van der Waals surface area contributed by atoms with Crippen LogP contribution in [0.3, 0.4) is 0 Å². The number of hydrogen-bond acceptors (Lipinski definition) is 3. The lowest BCUT2D eigenvalue weighted by Crippen LogP contribution is -2.36.